The molecule has 2 aromatic carbocycles. The van der Waals surface area contributed by atoms with E-state index >= 15 is 0 Å². The molecule has 0 unspecified atom stereocenters. The van der Waals surface area contributed by atoms with Gasteiger partial charge in [0, 0.05) is 11.3 Å². The SMILES string of the molecule is C=C/C=C\SC(=O)Nc1ccccc1-c1ccccc1. The first kappa shape index (κ1) is 14.2. The molecule has 2 nitrogen and oxygen atoms in total. The molecule has 0 atom stereocenters. The summed E-state index contributed by atoms with van der Waals surface area (Å²) >= 11 is 1.10. The smallest absolute Gasteiger partial charge is 0.287 e. The maximum absolute atomic E-state index is 11.8. The van der Waals surface area contributed by atoms with Crippen LogP contribution in [0.15, 0.2) is 78.7 Å². The van der Waals surface area contributed by atoms with Crippen LogP contribution in [0.4, 0.5) is 10.5 Å². The Morgan fingerprint density at radius 2 is 1.75 bits per heavy atom. The van der Waals surface area contributed by atoms with Gasteiger partial charge in [-0.1, -0.05) is 67.3 Å². The van der Waals surface area contributed by atoms with Crippen molar-refractivity contribution in [3.8, 4) is 11.1 Å². The monoisotopic (exact) mass is 281 g/mol. The Labute approximate surface area is 123 Å². The van der Waals surface area contributed by atoms with Crippen molar-refractivity contribution in [3.05, 3.63) is 78.7 Å². The molecule has 0 aromatic heterocycles. The molecule has 0 saturated carbocycles. The highest BCUT2D eigenvalue weighted by Gasteiger charge is 2.07. The van der Waals surface area contributed by atoms with Gasteiger partial charge >= 0.3 is 0 Å². The van der Waals surface area contributed by atoms with Crippen LogP contribution < -0.4 is 5.32 Å². The first-order valence-electron chi connectivity index (χ1n) is 6.21. The van der Waals surface area contributed by atoms with Crippen LogP contribution in [-0.4, -0.2) is 5.24 Å². The van der Waals surface area contributed by atoms with Crippen molar-refractivity contribution in [2.45, 2.75) is 0 Å². The number of hydrogen-bond acceptors (Lipinski definition) is 2. The maximum atomic E-state index is 11.8. The summed E-state index contributed by atoms with van der Waals surface area (Å²) < 4.78 is 0. The third-order valence-corrected chi connectivity index (χ3v) is 3.25. The zero-order valence-corrected chi connectivity index (χ0v) is 11.8. The molecular formula is C17H15NOS. The Balaban J connectivity index is 2.19. The first-order valence-corrected chi connectivity index (χ1v) is 7.09. The lowest BCUT2D eigenvalue weighted by Gasteiger charge is -2.10. The minimum absolute atomic E-state index is 0.119. The lowest BCUT2D eigenvalue weighted by Crippen LogP contribution is -2.04. The molecule has 0 bridgehead atoms. The van der Waals surface area contributed by atoms with E-state index in [1.165, 1.54) is 0 Å². The van der Waals surface area contributed by atoms with Gasteiger partial charge in [0.15, 0.2) is 0 Å². The fourth-order valence-electron chi connectivity index (χ4n) is 1.76. The standard InChI is InChI=1S/C17H15NOS/c1-2-3-13-20-17(19)18-16-12-8-7-11-15(16)14-9-5-4-6-10-14/h2-13H,1H2,(H,18,19)/b13-3-. The lowest BCUT2D eigenvalue weighted by molar-refractivity contribution is 0.270. The van der Waals surface area contributed by atoms with Crippen LogP contribution in [0.5, 0.6) is 0 Å². The van der Waals surface area contributed by atoms with E-state index in [9.17, 15) is 4.79 Å². The van der Waals surface area contributed by atoms with Crippen LogP contribution in [0, 0.1) is 0 Å². The zero-order valence-electron chi connectivity index (χ0n) is 11.0. The van der Waals surface area contributed by atoms with E-state index in [0.29, 0.717) is 0 Å². The summed E-state index contributed by atoms with van der Waals surface area (Å²) in [6, 6.07) is 17.7. The van der Waals surface area contributed by atoms with Crippen molar-refractivity contribution in [1.82, 2.24) is 0 Å². The third kappa shape index (κ3) is 3.87. The summed E-state index contributed by atoms with van der Waals surface area (Å²) in [6.45, 7) is 3.56. The zero-order chi connectivity index (χ0) is 14.2. The van der Waals surface area contributed by atoms with E-state index in [4.69, 9.17) is 0 Å². The molecule has 1 N–H and O–H groups in total. The van der Waals surface area contributed by atoms with Gasteiger partial charge in [-0.25, -0.2) is 0 Å². The van der Waals surface area contributed by atoms with E-state index in [-0.39, 0.29) is 5.24 Å². The number of thioether (sulfide) groups is 1. The number of anilines is 1. The largest absolute Gasteiger partial charge is 0.316 e. The fourth-order valence-corrected chi connectivity index (χ4v) is 2.24. The van der Waals surface area contributed by atoms with Crippen LogP contribution >= 0.6 is 11.8 Å². The third-order valence-electron chi connectivity index (χ3n) is 2.64. The number of para-hydroxylation sites is 1. The van der Waals surface area contributed by atoms with E-state index in [1.807, 2.05) is 54.6 Å². The number of amides is 1. The average Bonchev–Trinajstić information content (AvgIpc) is 2.49. The summed E-state index contributed by atoms with van der Waals surface area (Å²) in [4.78, 5) is 11.8. The number of rotatable bonds is 4. The summed E-state index contributed by atoms with van der Waals surface area (Å²) in [7, 11) is 0. The Hall–Kier alpha value is -2.26. The molecule has 100 valence electrons. The second-order valence-corrected chi connectivity index (χ2v) is 4.88. The number of carbonyl (C=O) groups is 1. The molecule has 0 aliphatic rings. The lowest BCUT2D eigenvalue weighted by atomic mass is 10.0. The van der Waals surface area contributed by atoms with E-state index < -0.39 is 0 Å². The Bertz CT molecular complexity index is 620. The molecule has 2 aromatic rings. The predicted octanol–water partition coefficient (Wildman–Crippen LogP) is 5.32. The number of nitrogens with one attached hydrogen (secondary N) is 1. The van der Waals surface area contributed by atoms with Crippen LogP contribution in [-0.2, 0) is 0 Å². The van der Waals surface area contributed by atoms with Crippen molar-refractivity contribution in [3.63, 3.8) is 0 Å². The molecule has 0 fully saturated rings. The van der Waals surface area contributed by atoms with Crippen LogP contribution in [0.1, 0.15) is 0 Å². The highest BCUT2D eigenvalue weighted by molar-refractivity contribution is 8.16. The molecule has 0 aliphatic carbocycles. The second-order valence-electron chi connectivity index (χ2n) is 4.01. The van der Waals surface area contributed by atoms with Crippen molar-refractivity contribution in [2.75, 3.05) is 5.32 Å². The minimum atomic E-state index is -0.119. The number of allylic oxidation sites excluding steroid dienone is 2. The number of hydrogen-bond donors (Lipinski definition) is 1. The highest BCUT2D eigenvalue weighted by Crippen LogP contribution is 2.28. The van der Waals surface area contributed by atoms with Crippen molar-refractivity contribution >= 4 is 22.7 Å². The topological polar surface area (TPSA) is 29.1 Å². The maximum Gasteiger partial charge on any atom is 0.287 e. The van der Waals surface area contributed by atoms with Crippen LogP contribution in [0.2, 0.25) is 0 Å². The molecule has 1 amide bonds. The Kier molecular flexibility index (Phi) is 5.21. The molecule has 0 aliphatic heterocycles. The van der Waals surface area contributed by atoms with E-state index in [2.05, 4.69) is 11.9 Å². The molecule has 2 rings (SSSR count). The van der Waals surface area contributed by atoms with Gasteiger partial charge in [0.2, 0.25) is 0 Å². The van der Waals surface area contributed by atoms with Gasteiger partial charge in [0.1, 0.15) is 0 Å². The summed E-state index contributed by atoms with van der Waals surface area (Å²) in [5.74, 6) is 0. The summed E-state index contributed by atoms with van der Waals surface area (Å²) in [5.41, 5.74) is 2.90. The normalized spacial score (nSPS) is 10.4. The van der Waals surface area contributed by atoms with Gasteiger partial charge in [0.05, 0.1) is 0 Å². The molecule has 0 radical (unpaired) electrons. The van der Waals surface area contributed by atoms with E-state index in [0.717, 1.165) is 28.6 Å². The fraction of sp³-hybridized carbons (Fsp3) is 0. The molecular weight excluding hydrogens is 266 g/mol. The molecule has 20 heavy (non-hydrogen) atoms. The van der Waals surface area contributed by atoms with Gasteiger partial charge in [0.25, 0.3) is 5.24 Å². The molecule has 0 saturated heterocycles. The molecule has 3 heteroatoms. The predicted molar refractivity (Wildman–Crippen MR) is 87.8 cm³/mol. The Morgan fingerprint density at radius 3 is 2.50 bits per heavy atom. The first-order chi connectivity index (χ1) is 9.81. The van der Waals surface area contributed by atoms with Crippen molar-refractivity contribution in [2.24, 2.45) is 0 Å². The van der Waals surface area contributed by atoms with Crippen molar-refractivity contribution in [1.29, 1.82) is 0 Å². The Morgan fingerprint density at radius 1 is 1.05 bits per heavy atom. The van der Waals surface area contributed by atoms with Gasteiger partial charge < -0.3 is 5.32 Å². The van der Waals surface area contributed by atoms with E-state index in [1.54, 1.807) is 17.6 Å². The van der Waals surface area contributed by atoms with Gasteiger partial charge in [-0.05, 0) is 28.8 Å². The van der Waals surface area contributed by atoms with Crippen molar-refractivity contribution < 1.29 is 4.79 Å². The van der Waals surface area contributed by atoms with Crippen LogP contribution in [0.3, 0.4) is 0 Å². The van der Waals surface area contributed by atoms with Gasteiger partial charge in [-0.2, -0.15) is 0 Å². The number of carbonyl (C=O) groups excluding carboxylic acids is 1. The second kappa shape index (κ2) is 7.36. The minimum Gasteiger partial charge on any atom is -0.316 e. The molecule has 0 heterocycles. The highest BCUT2D eigenvalue weighted by atomic mass is 32.2. The number of benzene rings is 2. The quantitative estimate of drug-likeness (QED) is 0.768. The summed E-state index contributed by atoms with van der Waals surface area (Å²) in [6.07, 6.45) is 3.37. The van der Waals surface area contributed by atoms with Gasteiger partial charge in [-0.15, -0.1) is 0 Å². The van der Waals surface area contributed by atoms with Gasteiger partial charge in [-0.3, -0.25) is 4.79 Å². The van der Waals surface area contributed by atoms with Crippen LogP contribution in [0.25, 0.3) is 11.1 Å². The average molecular weight is 281 g/mol. The molecule has 0 spiro atoms. The summed E-state index contributed by atoms with van der Waals surface area (Å²) in [5, 5.41) is 4.49.